The Balaban J connectivity index is 0.000000616. The number of carbonyl (C=O) groups excluding carboxylic acids is 2. The van der Waals surface area contributed by atoms with E-state index < -0.39 is 5.82 Å². The van der Waals surface area contributed by atoms with Gasteiger partial charge in [0.15, 0.2) is 0 Å². The first-order chi connectivity index (χ1) is 25.5. The highest BCUT2D eigenvalue weighted by Gasteiger charge is 2.28. The van der Waals surface area contributed by atoms with Crippen molar-refractivity contribution in [3.05, 3.63) is 136 Å². The highest BCUT2D eigenvalue weighted by molar-refractivity contribution is 6.08. The molecule has 5 aromatic rings. The molecule has 1 saturated heterocycles. The lowest BCUT2D eigenvalue weighted by Gasteiger charge is -2.29. The number of phenols is 1. The molecule has 0 atom stereocenters. The number of aromatic nitrogens is 1. The number of fused-ring (bicyclic) bond motifs is 1. The smallest absolute Gasteiger partial charge is 0.260 e. The summed E-state index contributed by atoms with van der Waals surface area (Å²) in [5.41, 5.74) is 7.19. The van der Waals surface area contributed by atoms with Gasteiger partial charge >= 0.3 is 0 Å². The number of aromatic hydroxyl groups is 1. The van der Waals surface area contributed by atoms with Crippen molar-refractivity contribution >= 4 is 17.5 Å². The molecular weight excluding hydrogens is 671 g/mol. The van der Waals surface area contributed by atoms with Gasteiger partial charge in [-0.2, -0.15) is 0 Å². The Kier molecular flexibility index (Phi) is 11.6. The average molecular weight is 719 g/mol. The van der Waals surface area contributed by atoms with Crippen LogP contribution in [0.1, 0.15) is 48.7 Å². The number of benzene rings is 4. The van der Waals surface area contributed by atoms with Crippen LogP contribution in [-0.2, 0) is 31.3 Å². The van der Waals surface area contributed by atoms with Gasteiger partial charge < -0.3 is 33.8 Å². The van der Waals surface area contributed by atoms with Crippen LogP contribution in [0, 0.1) is 19.7 Å². The van der Waals surface area contributed by atoms with E-state index >= 15 is 0 Å². The zero-order chi connectivity index (χ0) is 37.6. The Morgan fingerprint density at radius 3 is 2.26 bits per heavy atom. The molecule has 2 amide bonds. The molecule has 0 aliphatic carbocycles. The maximum Gasteiger partial charge on any atom is 0.260 e. The number of phenolic OH excluding ortho intramolecular Hbond substituents is 1. The number of nitrogens with zero attached hydrogens (tertiary/aromatic N) is 4. The van der Waals surface area contributed by atoms with Crippen molar-refractivity contribution in [2.75, 3.05) is 51.9 Å². The third kappa shape index (κ3) is 8.29. The molecule has 10 heteroatoms. The van der Waals surface area contributed by atoms with E-state index in [9.17, 15) is 19.1 Å². The van der Waals surface area contributed by atoms with Gasteiger partial charge in [0.1, 0.15) is 17.3 Å². The number of halogens is 1. The Morgan fingerprint density at radius 1 is 0.868 bits per heavy atom. The molecule has 1 aromatic heterocycles. The number of rotatable bonds is 7. The number of carbonyl (C=O) groups is 2. The molecule has 0 unspecified atom stereocenters. The van der Waals surface area contributed by atoms with Crippen LogP contribution in [0.25, 0.3) is 11.3 Å². The van der Waals surface area contributed by atoms with Crippen LogP contribution < -0.4 is 9.64 Å². The van der Waals surface area contributed by atoms with Crippen molar-refractivity contribution in [1.82, 2.24) is 14.4 Å². The molecule has 276 valence electrons. The minimum Gasteiger partial charge on any atom is -0.508 e. The normalized spacial score (nSPS) is 14.2. The lowest BCUT2D eigenvalue weighted by molar-refractivity contribution is 0.0503. The molecule has 1 N–H and O–H groups in total. The molecule has 53 heavy (non-hydrogen) atoms. The van der Waals surface area contributed by atoms with Crippen molar-refractivity contribution in [2.24, 2.45) is 7.05 Å². The maximum absolute atomic E-state index is 14.8. The number of morpholine rings is 1. The Morgan fingerprint density at radius 2 is 1.58 bits per heavy atom. The molecule has 9 nitrogen and oxygen atoms in total. The summed E-state index contributed by atoms with van der Waals surface area (Å²) >= 11 is 0. The van der Waals surface area contributed by atoms with Crippen LogP contribution in [0.4, 0.5) is 10.1 Å². The van der Waals surface area contributed by atoms with Crippen LogP contribution >= 0.6 is 0 Å². The standard InChI is InChI=1S/C38H36FN3O4.C5H11NO/c1-24-27(10-7-11-36(24)46-4)23-42(30-13-15-31(43)16-14-30)38(45)33-21-35(40(3)25(33)2)34-20-29(39)12-17-32(34)37(44)41-19-18-26-8-5-6-9-28(26)22-41;1-6-2-4-7-5-3-6/h5-17,20-21,43H,18-19,22-23H2,1-4H3;2-5H2,1H3. The number of anilines is 1. The van der Waals surface area contributed by atoms with Crippen LogP contribution in [0.2, 0.25) is 0 Å². The Hall–Kier alpha value is -5.45. The van der Waals surface area contributed by atoms with Gasteiger partial charge in [0.25, 0.3) is 11.8 Å². The second-order valence-electron chi connectivity index (χ2n) is 13.6. The van der Waals surface area contributed by atoms with Crippen molar-refractivity contribution in [2.45, 2.75) is 33.4 Å². The molecule has 7 rings (SSSR count). The summed E-state index contributed by atoms with van der Waals surface area (Å²) in [5.74, 6) is -0.122. The van der Waals surface area contributed by atoms with Gasteiger partial charge in [0.05, 0.1) is 32.4 Å². The van der Waals surface area contributed by atoms with E-state index in [4.69, 9.17) is 9.47 Å². The number of amides is 2. The summed E-state index contributed by atoms with van der Waals surface area (Å²) in [5, 5.41) is 9.96. The van der Waals surface area contributed by atoms with Crippen molar-refractivity contribution in [3.8, 4) is 22.8 Å². The van der Waals surface area contributed by atoms with E-state index in [0.717, 1.165) is 49.4 Å². The lowest BCUT2D eigenvalue weighted by atomic mass is 9.97. The van der Waals surface area contributed by atoms with Gasteiger partial charge in [-0.15, -0.1) is 0 Å². The number of hydrogen-bond acceptors (Lipinski definition) is 6. The van der Waals surface area contributed by atoms with Gasteiger partial charge in [0.2, 0.25) is 0 Å². The van der Waals surface area contributed by atoms with Gasteiger partial charge in [0, 0.05) is 61.4 Å². The van der Waals surface area contributed by atoms with E-state index in [1.165, 1.54) is 23.8 Å². The first kappa shape index (κ1) is 37.3. The predicted octanol–water partition coefficient (Wildman–Crippen LogP) is 7.16. The monoisotopic (exact) mass is 718 g/mol. The number of hydrogen-bond donors (Lipinski definition) is 1. The van der Waals surface area contributed by atoms with E-state index in [1.807, 2.05) is 61.9 Å². The molecule has 0 radical (unpaired) electrons. The topological polar surface area (TPSA) is 87.5 Å². The highest BCUT2D eigenvalue weighted by atomic mass is 19.1. The summed E-state index contributed by atoms with van der Waals surface area (Å²) in [4.78, 5) is 34.1. The van der Waals surface area contributed by atoms with Gasteiger partial charge in [-0.1, -0.05) is 36.4 Å². The van der Waals surface area contributed by atoms with E-state index in [-0.39, 0.29) is 24.1 Å². The summed E-state index contributed by atoms with van der Waals surface area (Å²) in [6.45, 7) is 9.10. The molecule has 0 bridgehead atoms. The fourth-order valence-electron chi connectivity index (χ4n) is 6.86. The average Bonchev–Trinajstić information content (AvgIpc) is 3.47. The zero-order valence-electron chi connectivity index (χ0n) is 31.1. The molecule has 0 saturated carbocycles. The largest absolute Gasteiger partial charge is 0.508 e. The number of ether oxygens (including phenoxy) is 2. The highest BCUT2D eigenvalue weighted by Crippen LogP contribution is 2.33. The molecule has 1 fully saturated rings. The second kappa shape index (κ2) is 16.5. The van der Waals surface area contributed by atoms with E-state index in [0.29, 0.717) is 52.6 Å². The molecule has 2 aliphatic rings. The third-order valence-corrected chi connectivity index (χ3v) is 10.3. The fourth-order valence-corrected chi connectivity index (χ4v) is 6.86. The molecule has 0 spiro atoms. The molecule has 3 heterocycles. The lowest BCUT2D eigenvalue weighted by Crippen LogP contribution is -2.36. The molecule has 2 aliphatic heterocycles. The summed E-state index contributed by atoms with van der Waals surface area (Å²) < 4.78 is 27.3. The SMILES string of the molecule is CN1CCOCC1.COc1cccc(CN(C(=O)c2cc(-c3cc(F)ccc3C(=O)N3CCc4ccccc4C3)n(C)c2C)c2ccc(O)cc2)c1C. The fraction of sp³-hybridized carbons (Fsp3) is 0.302. The zero-order valence-corrected chi connectivity index (χ0v) is 31.1. The van der Waals surface area contributed by atoms with Gasteiger partial charge in [-0.25, -0.2) is 4.39 Å². The van der Waals surface area contributed by atoms with Crippen molar-refractivity contribution < 1.29 is 28.6 Å². The van der Waals surface area contributed by atoms with Crippen LogP contribution in [-0.4, -0.2) is 78.3 Å². The summed E-state index contributed by atoms with van der Waals surface area (Å²) in [6, 6.07) is 26.2. The summed E-state index contributed by atoms with van der Waals surface area (Å²) in [7, 11) is 5.54. The maximum atomic E-state index is 14.8. The van der Waals surface area contributed by atoms with Crippen LogP contribution in [0.5, 0.6) is 11.5 Å². The third-order valence-electron chi connectivity index (χ3n) is 10.3. The van der Waals surface area contributed by atoms with E-state index in [2.05, 4.69) is 18.0 Å². The van der Waals surface area contributed by atoms with E-state index in [1.54, 1.807) is 47.2 Å². The number of likely N-dealkylation sites (N-methyl/N-ethyl adjacent to an activating group) is 1. The van der Waals surface area contributed by atoms with Crippen molar-refractivity contribution in [1.29, 1.82) is 0 Å². The minimum absolute atomic E-state index is 0.0902. The first-order valence-electron chi connectivity index (χ1n) is 17.9. The molecular formula is C43H47FN4O5. The van der Waals surface area contributed by atoms with Crippen molar-refractivity contribution in [3.63, 3.8) is 0 Å². The van der Waals surface area contributed by atoms with Crippen LogP contribution in [0.3, 0.4) is 0 Å². The quantitative estimate of drug-likeness (QED) is 0.192. The predicted molar refractivity (Wildman–Crippen MR) is 205 cm³/mol. The number of methoxy groups -OCH3 is 1. The first-order valence-corrected chi connectivity index (χ1v) is 17.9. The summed E-state index contributed by atoms with van der Waals surface area (Å²) in [6.07, 6.45) is 0.750. The second-order valence-corrected chi connectivity index (χ2v) is 13.6. The van der Waals surface area contributed by atoms with Crippen LogP contribution in [0.15, 0.2) is 91.0 Å². The minimum atomic E-state index is -0.471. The Bertz CT molecular complexity index is 2090. The van der Waals surface area contributed by atoms with Gasteiger partial charge in [-0.05, 0) is 104 Å². The Labute approximate surface area is 310 Å². The van der Waals surface area contributed by atoms with Gasteiger partial charge in [-0.3, -0.25) is 9.59 Å². The molecule has 4 aromatic carbocycles.